The van der Waals surface area contributed by atoms with Crippen LogP contribution in [0.5, 0.6) is 0 Å². The molecule has 4 nitrogen and oxygen atoms in total. The van der Waals surface area contributed by atoms with E-state index in [9.17, 15) is 4.79 Å². The summed E-state index contributed by atoms with van der Waals surface area (Å²) in [4.78, 5) is 14.2. The van der Waals surface area contributed by atoms with Crippen molar-refractivity contribution in [3.8, 4) is 0 Å². The van der Waals surface area contributed by atoms with Crippen molar-refractivity contribution >= 4 is 29.1 Å². The summed E-state index contributed by atoms with van der Waals surface area (Å²) in [6.45, 7) is 5.69. The minimum atomic E-state index is -0.128. The number of nitrogens with zero attached hydrogens (tertiary/aromatic N) is 2. The smallest absolute Gasteiger partial charge is 0.223 e. The Morgan fingerprint density at radius 3 is 2.61 bits per heavy atom. The van der Waals surface area contributed by atoms with Crippen LogP contribution in [0.25, 0.3) is 0 Å². The van der Waals surface area contributed by atoms with Gasteiger partial charge in [0.25, 0.3) is 0 Å². The summed E-state index contributed by atoms with van der Waals surface area (Å²) in [5.74, 6) is 0.815. The van der Waals surface area contributed by atoms with Crippen LogP contribution < -0.4 is 0 Å². The molecule has 1 heterocycles. The Morgan fingerprint density at radius 2 is 2.04 bits per heavy atom. The van der Waals surface area contributed by atoms with Gasteiger partial charge >= 0.3 is 0 Å². The minimum Gasteiger partial charge on any atom is -0.361 e. The summed E-state index contributed by atoms with van der Waals surface area (Å²) in [6, 6.07) is 5.20. The van der Waals surface area contributed by atoms with Gasteiger partial charge in [-0.3, -0.25) is 4.79 Å². The lowest BCUT2D eigenvalue weighted by Crippen LogP contribution is -2.30. The van der Waals surface area contributed by atoms with E-state index >= 15 is 0 Å². The van der Waals surface area contributed by atoms with E-state index in [0.29, 0.717) is 22.9 Å². The van der Waals surface area contributed by atoms with Gasteiger partial charge in [0.1, 0.15) is 5.76 Å². The number of aryl methyl sites for hydroxylation is 2. The number of carbonyl (C=O) groups excluding carboxylic acids is 1. The normalized spacial score (nSPS) is 12.3. The average molecular weight is 355 g/mol. The molecule has 0 aliphatic heterocycles. The second kappa shape index (κ2) is 7.37. The lowest BCUT2D eigenvalue weighted by Gasteiger charge is -2.26. The molecular formula is C17H20Cl2N2O2. The first kappa shape index (κ1) is 17.8. The maximum atomic E-state index is 12.5. The molecule has 1 aromatic heterocycles. The molecule has 23 heavy (non-hydrogen) atoms. The Morgan fingerprint density at radius 1 is 1.35 bits per heavy atom. The molecule has 0 spiro atoms. The Labute approximate surface area is 146 Å². The van der Waals surface area contributed by atoms with Crippen LogP contribution in [0, 0.1) is 13.8 Å². The molecule has 0 saturated carbocycles. The first-order valence-electron chi connectivity index (χ1n) is 7.43. The number of aromatic nitrogens is 1. The van der Waals surface area contributed by atoms with Crippen LogP contribution in [0.4, 0.5) is 0 Å². The first-order chi connectivity index (χ1) is 10.8. The summed E-state index contributed by atoms with van der Waals surface area (Å²) < 4.78 is 5.13. The van der Waals surface area contributed by atoms with E-state index in [1.54, 1.807) is 24.1 Å². The number of rotatable bonds is 5. The van der Waals surface area contributed by atoms with Crippen LogP contribution in [0.1, 0.15) is 42.0 Å². The third-order valence-corrected chi connectivity index (χ3v) is 4.72. The van der Waals surface area contributed by atoms with Gasteiger partial charge in [-0.25, -0.2) is 0 Å². The van der Waals surface area contributed by atoms with Crippen molar-refractivity contribution in [3.05, 3.63) is 50.8 Å². The fraction of sp³-hybridized carbons (Fsp3) is 0.412. The van der Waals surface area contributed by atoms with E-state index in [0.717, 1.165) is 22.6 Å². The molecule has 0 bridgehead atoms. The monoisotopic (exact) mass is 354 g/mol. The van der Waals surface area contributed by atoms with Crippen LogP contribution in [-0.2, 0) is 11.2 Å². The summed E-state index contributed by atoms with van der Waals surface area (Å²) in [7, 11) is 1.78. The third-order valence-electron chi connectivity index (χ3n) is 4.16. The van der Waals surface area contributed by atoms with E-state index in [4.69, 9.17) is 27.7 Å². The standard InChI is InChI=1S/C17H20Cl2N2O2/c1-10-14(12(3)23-20-10)7-8-17(22)21(4)11(2)15-6-5-13(18)9-16(15)19/h5-6,9,11H,7-8H2,1-4H3. The Bertz CT molecular complexity index is 693. The predicted molar refractivity (Wildman–Crippen MR) is 91.9 cm³/mol. The maximum Gasteiger partial charge on any atom is 0.223 e. The van der Waals surface area contributed by atoms with Crippen molar-refractivity contribution in [1.29, 1.82) is 0 Å². The third kappa shape index (κ3) is 4.06. The molecule has 0 aliphatic carbocycles. The van der Waals surface area contributed by atoms with Crippen molar-refractivity contribution < 1.29 is 9.32 Å². The summed E-state index contributed by atoms with van der Waals surface area (Å²) in [5.41, 5.74) is 2.72. The van der Waals surface area contributed by atoms with Crippen LogP contribution in [0.2, 0.25) is 10.0 Å². The molecule has 0 saturated heterocycles. The van der Waals surface area contributed by atoms with Gasteiger partial charge in [-0.1, -0.05) is 34.4 Å². The summed E-state index contributed by atoms with van der Waals surface area (Å²) >= 11 is 12.2. The largest absolute Gasteiger partial charge is 0.361 e. The highest BCUT2D eigenvalue weighted by molar-refractivity contribution is 6.35. The van der Waals surface area contributed by atoms with E-state index in [2.05, 4.69) is 5.16 Å². The topological polar surface area (TPSA) is 46.3 Å². The van der Waals surface area contributed by atoms with Crippen molar-refractivity contribution in [2.45, 2.75) is 39.7 Å². The van der Waals surface area contributed by atoms with E-state index in [-0.39, 0.29) is 11.9 Å². The SMILES string of the molecule is Cc1noc(C)c1CCC(=O)N(C)C(C)c1ccc(Cl)cc1Cl. The van der Waals surface area contributed by atoms with Gasteiger partial charge in [-0.2, -0.15) is 0 Å². The summed E-state index contributed by atoms with van der Waals surface area (Å²) in [6.07, 6.45) is 1.01. The number of hydrogen-bond donors (Lipinski definition) is 0. The fourth-order valence-corrected chi connectivity index (χ4v) is 3.10. The average Bonchev–Trinajstić information content (AvgIpc) is 2.82. The van der Waals surface area contributed by atoms with Crippen molar-refractivity contribution in [2.75, 3.05) is 7.05 Å². The van der Waals surface area contributed by atoms with Crippen molar-refractivity contribution in [1.82, 2.24) is 10.1 Å². The summed E-state index contributed by atoms with van der Waals surface area (Å²) in [5, 5.41) is 5.06. The molecule has 2 aromatic rings. The molecule has 6 heteroatoms. The van der Waals surface area contributed by atoms with Crippen LogP contribution in [0.3, 0.4) is 0 Å². The fourth-order valence-electron chi connectivity index (χ4n) is 2.53. The van der Waals surface area contributed by atoms with Gasteiger partial charge in [0, 0.05) is 29.1 Å². The predicted octanol–water partition coefficient (Wildman–Crippen LogP) is 4.75. The van der Waals surface area contributed by atoms with E-state index < -0.39 is 0 Å². The number of amides is 1. The molecule has 0 aliphatic rings. The van der Waals surface area contributed by atoms with Gasteiger partial charge in [-0.05, 0) is 44.9 Å². The van der Waals surface area contributed by atoms with Crippen molar-refractivity contribution in [3.63, 3.8) is 0 Å². The molecule has 1 amide bonds. The van der Waals surface area contributed by atoms with Crippen LogP contribution >= 0.6 is 23.2 Å². The first-order valence-corrected chi connectivity index (χ1v) is 8.19. The van der Waals surface area contributed by atoms with E-state index in [1.807, 2.05) is 26.8 Å². The van der Waals surface area contributed by atoms with Crippen molar-refractivity contribution in [2.24, 2.45) is 0 Å². The second-order valence-electron chi connectivity index (χ2n) is 5.65. The highest BCUT2D eigenvalue weighted by Crippen LogP contribution is 2.29. The number of benzene rings is 1. The molecule has 2 rings (SSSR count). The number of halogens is 2. The van der Waals surface area contributed by atoms with Gasteiger partial charge < -0.3 is 9.42 Å². The zero-order chi connectivity index (χ0) is 17.1. The second-order valence-corrected chi connectivity index (χ2v) is 6.49. The Balaban J connectivity index is 2.04. The quantitative estimate of drug-likeness (QED) is 0.778. The van der Waals surface area contributed by atoms with E-state index in [1.165, 1.54) is 0 Å². The molecule has 1 atom stereocenters. The molecule has 0 fully saturated rings. The molecule has 0 N–H and O–H groups in total. The Kier molecular flexibility index (Phi) is 5.71. The molecule has 1 unspecified atom stereocenters. The maximum absolute atomic E-state index is 12.5. The highest BCUT2D eigenvalue weighted by atomic mass is 35.5. The molecule has 124 valence electrons. The minimum absolute atomic E-state index is 0.0449. The number of carbonyl (C=O) groups is 1. The highest BCUT2D eigenvalue weighted by Gasteiger charge is 2.20. The van der Waals surface area contributed by atoms with Gasteiger partial charge in [0.15, 0.2) is 0 Å². The van der Waals surface area contributed by atoms with Gasteiger partial charge in [0.2, 0.25) is 5.91 Å². The zero-order valence-electron chi connectivity index (χ0n) is 13.7. The lowest BCUT2D eigenvalue weighted by molar-refractivity contribution is -0.131. The van der Waals surface area contributed by atoms with Crippen LogP contribution in [-0.4, -0.2) is 23.0 Å². The van der Waals surface area contributed by atoms with Gasteiger partial charge in [-0.15, -0.1) is 0 Å². The van der Waals surface area contributed by atoms with Crippen LogP contribution in [0.15, 0.2) is 22.7 Å². The molecular weight excluding hydrogens is 335 g/mol. The van der Waals surface area contributed by atoms with Gasteiger partial charge in [0.05, 0.1) is 11.7 Å². The lowest BCUT2D eigenvalue weighted by atomic mass is 10.0. The molecule has 1 aromatic carbocycles. The molecule has 0 radical (unpaired) electrons. The Hall–Kier alpha value is -1.52. The number of hydrogen-bond acceptors (Lipinski definition) is 3. The zero-order valence-corrected chi connectivity index (χ0v) is 15.2.